The third kappa shape index (κ3) is 2.86. The van der Waals surface area contributed by atoms with E-state index in [1.165, 1.54) is 17.8 Å². The first-order valence-corrected chi connectivity index (χ1v) is 7.43. The van der Waals surface area contributed by atoms with Crippen molar-refractivity contribution in [2.24, 2.45) is 0 Å². The number of benzene rings is 1. The molecule has 112 valence electrons. The number of aryl methyl sites for hydroxylation is 1. The molecule has 8 heteroatoms. The van der Waals surface area contributed by atoms with Gasteiger partial charge in [-0.15, -0.1) is 5.10 Å². The molecule has 1 N–H and O–H groups in total. The molecule has 7 nitrogen and oxygen atoms in total. The van der Waals surface area contributed by atoms with Gasteiger partial charge in [0.2, 0.25) is 5.16 Å². The summed E-state index contributed by atoms with van der Waals surface area (Å²) in [6, 6.07) is 11.1. The van der Waals surface area contributed by atoms with Crippen molar-refractivity contribution in [3.8, 4) is 5.69 Å². The van der Waals surface area contributed by atoms with Gasteiger partial charge in [-0.25, -0.2) is 4.79 Å². The number of aromatic nitrogens is 4. The number of aromatic carboxylic acids is 1. The SMILES string of the molecule is Cc1oc(CSc2nnnn2-c2ccccc2)cc1C(=O)O. The molecule has 2 aromatic heterocycles. The van der Waals surface area contributed by atoms with Gasteiger partial charge in [-0.2, -0.15) is 4.68 Å². The molecule has 22 heavy (non-hydrogen) atoms. The standard InChI is InChI=1S/C14H12N4O3S/c1-9-12(13(19)20)7-11(21-9)8-22-14-15-16-17-18(14)10-5-3-2-4-6-10/h2-7H,8H2,1H3,(H,19,20). The molecule has 2 heterocycles. The maximum atomic E-state index is 11.0. The van der Waals surface area contributed by atoms with Crippen molar-refractivity contribution in [2.75, 3.05) is 0 Å². The fraction of sp³-hybridized carbons (Fsp3) is 0.143. The van der Waals surface area contributed by atoms with Crippen molar-refractivity contribution in [3.63, 3.8) is 0 Å². The number of carbonyl (C=O) groups is 1. The molecular formula is C14H12N4O3S. The van der Waals surface area contributed by atoms with Gasteiger partial charge < -0.3 is 9.52 Å². The van der Waals surface area contributed by atoms with Gasteiger partial charge in [-0.1, -0.05) is 30.0 Å². The summed E-state index contributed by atoms with van der Waals surface area (Å²) in [4.78, 5) is 11.0. The van der Waals surface area contributed by atoms with Crippen LogP contribution in [0.3, 0.4) is 0 Å². The lowest BCUT2D eigenvalue weighted by molar-refractivity contribution is 0.0695. The van der Waals surface area contributed by atoms with E-state index < -0.39 is 5.97 Å². The Morgan fingerprint density at radius 2 is 2.14 bits per heavy atom. The zero-order valence-corrected chi connectivity index (χ0v) is 12.4. The van der Waals surface area contributed by atoms with Gasteiger partial charge in [0.05, 0.1) is 11.4 Å². The van der Waals surface area contributed by atoms with E-state index in [9.17, 15) is 4.79 Å². The Morgan fingerprint density at radius 1 is 1.36 bits per heavy atom. The predicted octanol–water partition coefficient (Wildman–Crippen LogP) is 2.55. The summed E-state index contributed by atoms with van der Waals surface area (Å²) < 4.78 is 7.06. The van der Waals surface area contributed by atoms with Gasteiger partial charge in [-0.05, 0) is 35.5 Å². The molecule has 0 saturated carbocycles. The average molecular weight is 316 g/mol. The van der Waals surface area contributed by atoms with E-state index in [1.807, 2.05) is 30.3 Å². The van der Waals surface area contributed by atoms with E-state index in [4.69, 9.17) is 9.52 Å². The first-order chi connectivity index (χ1) is 10.6. The Morgan fingerprint density at radius 3 is 2.82 bits per heavy atom. The van der Waals surface area contributed by atoms with Crippen LogP contribution in [0, 0.1) is 6.92 Å². The first kappa shape index (κ1) is 14.3. The zero-order valence-electron chi connectivity index (χ0n) is 11.6. The average Bonchev–Trinajstić information content (AvgIpc) is 3.12. The fourth-order valence-electron chi connectivity index (χ4n) is 1.96. The molecule has 0 spiro atoms. The minimum atomic E-state index is -0.994. The summed E-state index contributed by atoms with van der Waals surface area (Å²) in [5.41, 5.74) is 1.04. The lowest BCUT2D eigenvalue weighted by atomic mass is 10.2. The molecule has 3 aromatic rings. The highest BCUT2D eigenvalue weighted by Crippen LogP contribution is 2.25. The van der Waals surface area contributed by atoms with Gasteiger partial charge in [0.25, 0.3) is 0 Å². The highest BCUT2D eigenvalue weighted by molar-refractivity contribution is 7.98. The van der Waals surface area contributed by atoms with Crippen LogP contribution >= 0.6 is 11.8 Å². The lowest BCUT2D eigenvalue weighted by Crippen LogP contribution is -1.98. The molecule has 0 fully saturated rings. The molecule has 0 aliphatic rings. The molecule has 0 saturated heterocycles. The number of furan rings is 1. The van der Waals surface area contributed by atoms with Gasteiger partial charge in [0.1, 0.15) is 17.1 Å². The number of hydrogen-bond acceptors (Lipinski definition) is 6. The normalized spacial score (nSPS) is 10.8. The first-order valence-electron chi connectivity index (χ1n) is 6.44. The minimum absolute atomic E-state index is 0.179. The molecule has 0 amide bonds. The summed E-state index contributed by atoms with van der Waals surface area (Å²) in [5, 5.41) is 21.2. The van der Waals surface area contributed by atoms with Crippen molar-refractivity contribution in [3.05, 3.63) is 53.5 Å². The molecule has 0 aliphatic heterocycles. The summed E-state index contributed by atoms with van der Waals surface area (Å²) in [6.45, 7) is 1.63. The quantitative estimate of drug-likeness (QED) is 0.723. The van der Waals surface area contributed by atoms with Crippen LogP contribution in [0.25, 0.3) is 5.69 Å². The molecular weight excluding hydrogens is 304 g/mol. The number of nitrogens with zero attached hydrogens (tertiary/aromatic N) is 4. The van der Waals surface area contributed by atoms with Crippen LogP contribution in [0.2, 0.25) is 0 Å². The summed E-state index contributed by atoms with van der Waals surface area (Å²) in [5.74, 6) is 0.418. The highest BCUT2D eigenvalue weighted by atomic mass is 32.2. The third-order valence-corrected chi connectivity index (χ3v) is 3.93. The molecule has 0 atom stereocenters. The van der Waals surface area contributed by atoms with Crippen molar-refractivity contribution >= 4 is 17.7 Å². The smallest absolute Gasteiger partial charge is 0.339 e. The van der Waals surface area contributed by atoms with Crippen LogP contribution in [-0.4, -0.2) is 31.3 Å². The van der Waals surface area contributed by atoms with E-state index in [0.717, 1.165) is 5.69 Å². The number of para-hydroxylation sites is 1. The molecule has 0 radical (unpaired) electrons. The minimum Gasteiger partial charge on any atom is -0.478 e. The molecule has 0 aliphatic carbocycles. The van der Waals surface area contributed by atoms with E-state index in [2.05, 4.69) is 15.5 Å². The van der Waals surface area contributed by atoms with Crippen LogP contribution in [-0.2, 0) is 5.75 Å². The maximum absolute atomic E-state index is 11.0. The Kier molecular flexibility index (Phi) is 3.92. The van der Waals surface area contributed by atoms with Crippen LogP contribution in [0.15, 0.2) is 46.0 Å². The number of carboxylic acid groups (broad SMARTS) is 1. The molecule has 1 aromatic carbocycles. The number of tetrazole rings is 1. The second-order valence-corrected chi connectivity index (χ2v) is 5.43. The van der Waals surface area contributed by atoms with E-state index in [-0.39, 0.29) is 5.56 Å². The molecule has 3 rings (SSSR count). The third-order valence-electron chi connectivity index (χ3n) is 2.98. The Labute approximate surface area is 129 Å². The summed E-state index contributed by atoms with van der Waals surface area (Å²) in [6.07, 6.45) is 0. The molecule has 0 bridgehead atoms. The number of rotatable bonds is 5. The highest BCUT2D eigenvalue weighted by Gasteiger charge is 2.15. The lowest BCUT2D eigenvalue weighted by Gasteiger charge is -2.02. The topological polar surface area (TPSA) is 94.0 Å². The Balaban J connectivity index is 1.77. The largest absolute Gasteiger partial charge is 0.478 e. The van der Waals surface area contributed by atoms with Gasteiger partial charge >= 0.3 is 5.97 Å². The van der Waals surface area contributed by atoms with Crippen LogP contribution in [0.4, 0.5) is 0 Å². The van der Waals surface area contributed by atoms with Gasteiger partial charge in [-0.3, -0.25) is 0 Å². The van der Waals surface area contributed by atoms with E-state index in [1.54, 1.807) is 11.6 Å². The van der Waals surface area contributed by atoms with Gasteiger partial charge in [0, 0.05) is 0 Å². The van der Waals surface area contributed by atoms with Crippen molar-refractivity contribution in [1.82, 2.24) is 20.2 Å². The van der Waals surface area contributed by atoms with Crippen molar-refractivity contribution in [2.45, 2.75) is 17.8 Å². The van der Waals surface area contributed by atoms with Gasteiger partial charge in [0.15, 0.2) is 0 Å². The van der Waals surface area contributed by atoms with Crippen LogP contribution < -0.4 is 0 Å². The Hall–Kier alpha value is -2.61. The van der Waals surface area contributed by atoms with E-state index in [0.29, 0.717) is 22.4 Å². The monoisotopic (exact) mass is 316 g/mol. The second kappa shape index (κ2) is 6.02. The summed E-state index contributed by atoms with van der Waals surface area (Å²) in [7, 11) is 0. The van der Waals surface area contributed by atoms with Crippen LogP contribution in [0.5, 0.6) is 0 Å². The maximum Gasteiger partial charge on any atom is 0.339 e. The Bertz CT molecular complexity index is 798. The fourth-order valence-corrected chi connectivity index (χ4v) is 2.74. The number of thioether (sulfide) groups is 1. The zero-order chi connectivity index (χ0) is 15.5. The second-order valence-electron chi connectivity index (χ2n) is 4.49. The summed E-state index contributed by atoms with van der Waals surface area (Å²) >= 11 is 1.38. The van der Waals surface area contributed by atoms with E-state index >= 15 is 0 Å². The molecule has 0 unspecified atom stereocenters. The van der Waals surface area contributed by atoms with Crippen molar-refractivity contribution < 1.29 is 14.3 Å². The predicted molar refractivity (Wildman–Crippen MR) is 79.1 cm³/mol. The van der Waals surface area contributed by atoms with Crippen molar-refractivity contribution in [1.29, 1.82) is 0 Å². The number of carboxylic acids is 1. The van der Waals surface area contributed by atoms with Crippen LogP contribution in [0.1, 0.15) is 21.9 Å². The number of hydrogen-bond donors (Lipinski definition) is 1.